The Morgan fingerprint density at radius 1 is 0.821 bits per heavy atom. The van der Waals surface area contributed by atoms with Crippen LogP contribution in [0.2, 0.25) is 0 Å². The molecule has 0 saturated carbocycles. The van der Waals surface area contributed by atoms with Gasteiger partial charge in [-0.2, -0.15) is 39.5 Å². The normalized spacial score (nSPS) is 18.4. The first kappa shape index (κ1) is 28.2. The van der Waals surface area contributed by atoms with Gasteiger partial charge in [0.2, 0.25) is 0 Å². The van der Waals surface area contributed by atoms with Crippen LogP contribution in [-0.4, -0.2) is 22.0 Å². The van der Waals surface area contributed by atoms with Crippen LogP contribution in [-0.2, 0) is 29.8 Å². The zero-order chi connectivity index (χ0) is 28.9. The quantitative estimate of drug-likeness (QED) is 0.301. The third-order valence-electron chi connectivity index (χ3n) is 6.31. The third kappa shape index (κ3) is 5.96. The van der Waals surface area contributed by atoms with Crippen LogP contribution in [0.15, 0.2) is 54.7 Å². The predicted octanol–water partition coefficient (Wildman–Crippen LogP) is 8.20. The summed E-state index contributed by atoms with van der Waals surface area (Å²) in [5.74, 6) is 0. The van der Waals surface area contributed by atoms with Crippen molar-refractivity contribution in [2.45, 2.75) is 51.1 Å². The van der Waals surface area contributed by atoms with Gasteiger partial charge in [0.15, 0.2) is 0 Å². The number of hydrogen-bond donors (Lipinski definition) is 0. The van der Waals surface area contributed by atoms with Gasteiger partial charge in [-0.25, -0.2) is 4.79 Å². The van der Waals surface area contributed by atoms with E-state index in [4.69, 9.17) is 4.74 Å². The number of nitrogens with zero attached hydrogens (tertiary/aromatic N) is 2. The van der Waals surface area contributed by atoms with Gasteiger partial charge in [-0.05, 0) is 78.6 Å². The van der Waals surface area contributed by atoms with E-state index in [-0.39, 0.29) is 11.6 Å². The molecule has 1 aliphatic rings. The highest BCUT2D eigenvalue weighted by Gasteiger charge is 2.43. The fourth-order valence-corrected chi connectivity index (χ4v) is 4.38. The number of carbonyl (C=O) groups is 1. The molecule has 4 nitrogen and oxygen atoms in total. The van der Waals surface area contributed by atoms with Crippen LogP contribution >= 0.6 is 0 Å². The van der Waals surface area contributed by atoms with Crippen molar-refractivity contribution in [2.75, 3.05) is 0 Å². The van der Waals surface area contributed by atoms with Gasteiger partial charge in [0.25, 0.3) is 0 Å². The second-order valence-electron chi connectivity index (χ2n) is 9.07. The molecule has 1 amide bonds. The average Bonchev–Trinajstić information content (AvgIpc) is 3.10. The Labute approximate surface area is 216 Å². The van der Waals surface area contributed by atoms with Gasteiger partial charge in [-0.1, -0.05) is 6.07 Å². The summed E-state index contributed by atoms with van der Waals surface area (Å²) in [5.41, 5.74) is -3.28. The predicted molar refractivity (Wildman–Crippen MR) is 120 cm³/mol. The minimum atomic E-state index is -5.11. The van der Waals surface area contributed by atoms with Crippen LogP contribution in [0.3, 0.4) is 0 Å². The number of halogens is 9. The van der Waals surface area contributed by atoms with E-state index < -0.39 is 65.6 Å². The number of hydrogen-bond acceptors (Lipinski definition) is 3. The molecule has 1 saturated heterocycles. The Morgan fingerprint density at radius 2 is 1.41 bits per heavy atom. The lowest BCUT2D eigenvalue weighted by Gasteiger charge is -2.24. The van der Waals surface area contributed by atoms with Crippen molar-refractivity contribution in [1.29, 1.82) is 0 Å². The Balaban J connectivity index is 1.74. The van der Waals surface area contributed by atoms with Crippen LogP contribution < -0.4 is 0 Å². The van der Waals surface area contributed by atoms with E-state index in [1.807, 2.05) is 0 Å². The fourth-order valence-electron chi connectivity index (χ4n) is 4.38. The second kappa shape index (κ2) is 9.76. The standard InChI is InChI=1S/C26H19F9N2O2/c1-13-7-15(5-6-36-13)21-4-3-18(24(27,28)29)10-17(21)12-37-14(2)22(39-23(37)38)16-8-19(25(30,31)32)11-20(9-16)26(33,34)35/h3-11,14,22H,12H2,1-2H3/t14-,22-/m0/s1. The number of benzene rings is 2. The van der Waals surface area contributed by atoms with Gasteiger partial charge in [0, 0.05) is 11.9 Å². The summed E-state index contributed by atoms with van der Waals surface area (Å²) in [6.45, 7) is 2.54. The Bertz CT molecular complexity index is 1370. The Morgan fingerprint density at radius 3 is 1.95 bits per heavy atom. The van der Waals surface area contributed by atoms with Crippen molar-refractivity contribution in [2.24, 2.45) is 0 Å². The van der Waals surface area contributed by atoms with E-state index in [0.717, 1.165) is 17.0 Å². The maximum absolute atomic E-state index is 13.5. The van der Waals surface area contributed by atoms with E-state index in [1.54, 1.807) is 19.1 Å². The zero-order valence-electron chi connectivity index (χ0n) is 20.2. The van der Waals surface area contributed by atoms with Crippen LogP contribution in [0.5, 0.6) is 0 Å². The fraction of sp³-hybridized carbons (Fsp3) is 0.308. The maximum Gasteiger partial charge on any atom is 0.416 e. The molecule has 0 aliphatic carbocycles. The molecule has 2 aromatic carbocycles. The lowest BCUT2D eigenvalue weighted by molar-refractivity contribution is -0.143. The number of ether oxygens (including phenoxy) is 1. The number of alkyl halides is 9. The van der Waals surface area contributed by atoms with Gasteiger partial charge < -0.3 is 4.74 Å². The summed E-state index contributed by atoms with van der Waals surface area (Å²) in [5, 5.41) is 0. The van der Waals surface area contributed by atoms with E-state index in [1.165, 1.54) is 19.2 Å². The van der Waals surface area contributed by atoms with E-state index in [2.05, 4.69) is 4.98 Å². The van der Waals surface area contributed by atoms with Crippen molar-refractivity contribution < 1.29 is 49.0 Å². The van der Waals surface area contributed by atoms with Crippen molar-refractivity contribution >= 4 is 6.09 Å². The lowest BCUT2D eigenvalue weighted by Crippen LogP contribution is -2.32. The van der Waals surface area contributed by atoms with E-state index >= 15 is 0 Å². The number of aromatic nitrogens is 1. The summed E-state index contributed by atoms with van der Waals surface area (Å²) in [6, 6.07) is 5.84. The number of carbonyl (C=O) groups excluding carboxylic acids is 1. The lowest BCUT2D eigenvalue weighted by atomic mass is 9.95. The molecule has 3 aromatic rings. The molecular formula is C26H19F9N2O2. The van der Waals surface area contributed by atoms with Crippen LogP contribution in [0.1, 0.15) is 46.5 Å². The molecule has 4 rings (SSSR count). The van der Waals surface area contributed by atoms with Gasteiger partial charge >= 0.3 is 24.6 Å². The molecular weight excluding hydrogens is 543 g/mol. The molecule has 1 aliphatic heterocycles. The van der Waals surface area contributed by atoms with E-state index in [9.17, 15) is 44.3 Å². The summed E-state index contributed by atoms with van der Waals surface area (Å²) in [6.07, 6.45) is -16.1. The summed E-state index contributed by atoms with van der Waals surface area (Å²) in [4.78, 5) is 17.8. The number of pyridine rings is 1. The number of amides is 1. The molecule has 2 heterocycles. The van der Waals surface area contributed by atoms with Crippen molar-refractivity contribution in [3.05, 3.63) is 88.2 Å². The SMILES string of the molecule is Cc1cc(-c2ccc(C(F)(F)F)cc2CN2C(=O)O[C@H](c3cc(C(F)(F)F)cc(C(F)(F)F)c3)[C@@H]2C)ccn1. The molecule has 39 heavy (non-hydrogen) atoms. The minimum Gasteiger partial charge on any atom is -0.439 e. The number of rotatable bonds is 4. The van der Waals surface area contributed by atoms with E-state index in [0.29, 0.717) is 29.0 Å². The number of cyclic esters (lactones) is 1. The van der Waals surface area contributed by atoms with Crippen LogP contribution in [0, 0.1) is 6.92 Å². The molecule has 0 unspecified atom stereocenters. The molecule has 0 radical (unpaired) electrons. The molecule has 0 spiro atoms. The first-order valence-electron chi connectivity index (χ1n) is 11.3. The van der Waals surface area contributed by atoms with Gasteiger partial charge in [0.05, 0.1) is 29.3 Å². The molecule has 2 atom stereocenters. The Kier molecular flexibility index (Phi) is 7.07. The van der Waals surface area contributed by atoms with Gasteiger partial charge in [0.1, 0.15) is 6.10 Å². The third-order valence-corrected chi connectivity index (χ3v) is 6.31. The first-order valence-corrected chi connectivity index (χ1v) is 11.3. The Hall–Kier alpha value is -3.77. The molecule has 0 bridgehead atoms. The molecule has 13 heteroatoms. The average molecular weight is 562 g/mol. The first-order chi connectivity index (χ1) is 17.9. The second-order valence-corrected chi connectivity index (χ2v) is 9.07. The van der Waals surface area contributed by atoms with Crippen molar-refractivity contribution in [3.8, 4) is 11.1 Å². The maximum atomic E-state index is 13.5. The van der Waals surface area contributed by atoms with Crippen LogP contribution in [0.4, 0.5) is 44.3 Å². The topological polar surface area (TPSA) is 42.4 Å². The highest BCUT2D eigenvalue weighted by atomic mass is 19.4. The molecule has 1 fully saturated rings. The van der Waals surface area contributed by atoms with Crippen LogP contribution in [0.25, 0.3) is 11.1 Å². The minimum absolute atomic E-state index is 0.0416. The monoisotopic (exact) mass is 562 g/mol. The molecule has 0 N–H and O–H groups in total. The zero-order valence-corrected chi connectivity index (χ0v) is 20.2. The van der Waals surface area contributed by atoms with Gasteiger partial charge in [-0.15, -0.1) is 0 Å². The summed E-state index contributed by atoms with van der Waals surface area (Å²) >= 11 is 0. The van der Waals surface area contributed by atoms with Crippen molar-refractivity contribution in [1.82, 2.24) is 9.88 Å². The molecule has 208 valence electrons. The summed E-state index contributed by atoms with van der Waals surface area (Å²) in [7, 11) is 0. The highest BCUT2D eigenvalue weighted by molar-refractivity contribution is 5.73. The number of aryl methyl sites for hydroxylation is 1. The van der Waals surface area contributed by atoms with Crippen molar-refractivity contribution in [3.63, 3.8) is 0 Å². The largest absolute Gasteiger partial charge is 0.439 e. The molecule has 1 aromatic heterocycles. The highest BCUT2D eigenvalue weighted by Crippen LogP contribution is 2.42. The smallest absolute Gasteiger partial charge is 0.416 e. The van der Waals surface area contributed by atoms with Gasteiger partial charge in [-0.3, -0.25) is 9.88 Å². The summed E-state index contributed by atoms with van der Waals surface area (Å²) < 4.78 is 126.